The molecule has 2 aromatic rings. The minimum Gasteiger partial charge on any atom is -0.378 e. The van der Waals surface area contributed by atoms with E-state index in [1.807, 2.05) is 35.2 Å². The van der Waals surface area contributed by atoms with E-state index in [-0.39, 0.29) is 30.3 Å². The molecule has 0 aliphatic carbocycles. The first-order valence-corrected chi connectivity index (χ1v) is 8.69. The van der Waals surface area contributed by atoms with Crippen LogP contribution >= 0.6 is 12.4 Å². The monoisotopic (exact) mass is 378 g/mol. The second-order valence-corrected chi connectivity index (χ2v) is 6.47. The maximum atomic E-state index is 12.7. The molecule has 2 saturated heterocycles. The molecule has 3 heterocycles. The summed E-state index contributed by atoms with van der Waals surface area (Å²) in [6.45, 7) is 3.99. The van der Waals surface area contributed by atoms with Gasteiger partial charge in [0.25, 0.3) is 5.91 Å². The van der Waals surface area contributed by atoms with Crippen molar-refractivity contribution in [3.05, 3.63) is 36.0 Å². The predicted molar refractivity (Wildman–Crippen MR) is 101 cm³/mol. The normalized spacial score (nSPS) is 20.7. The number of H-pyrrole nitrogens is 1. The second-order valence-electron chi connectivity index (χ2n) is 6.47. The van der Waals surface area contributed by atoms with Gasteiger partial charge in [0.1, 0.15) is 11.7 Å². The summed E-state index contributed by atoms with van der Waals surface area (Å²) in [5, 5.41) is 4.22. The van der Waals surface area contributed by atoms with Crippen molar-refractivity contribution < 1.29 is 14.3 Å². The highest BCUT2D eigenvalue weighted by molar-refractivity contribution is 5.98. The van der Waals surface area contributed by atoms with Gasteiger partial charge < -0.3 is 24.8 Å². The number of para-hydroxylation sites is 1. The van der Waals surface area contributed by atoms with Crippen molar-refractivity contribution in [2.75, 3.05) is 45.9 Å². The van der Waals surface area contributed by atoms with Gasteiger partial charge >= 0.3 is 0 Å². The van der Waals surface area contributed by atoms with Gasteiger partial charge in [0.15, 0.2) is 0 Å². The zero-order valence-electron chi connectivity index (χ0n) is 14.4. The number of hydrogen-bond donors (Lipinski definition) is 2. The number of carbonyl (C=O) groups is 2. The van der Waals surface area contributed by atoms with Crippen LogP contribution in [0.3, 0.4) is 0 Å². The van der Waals surface area contributed by atoms with Crippen LogP contribution < -0.4 is 5.32 Å². The fraction of sp³-hybridized carbons (Fsp3) is 0.444. The number of ether oxygens (including phenoxy) is 1. The predicted octanol–water partition coefficient (Wildman–Crippen LogP) is 0.862. The Hall–Kier alpha value is -2.09. The smallest absolute Gasteiger partial charge is 0.270 e. The fourth-order valence-corrected chi connectivity index (χ4v) is 3.43. The molecule has 1 aromatic heterocycles. The van der Waals surface area contributed by atoms with E-state index in [9.17, 15) is 9.59 Å². The first-order valence-electron chi connectivity index (χ1n) is 8.69. The van der Waals surface area contributed by atoms with Gasteiger partial charge in [-0.2, -0.15) is 0 Å². The highest BCUT2D eigenvalue weighted by Gasteiger charge is 2.30. The minimum atomic E-state index is -0.260. The lowest BCUT2D eigenvalue weighted by atomic mass is 10.2. The van der Waals surface area contributed by atoms with Crippen molar-refractivity contribution in [2.45, 2.75) is 6.04 Å². The van der Waals surface area contributed by atoms with Crippen molar-refractivity contribution in [1.29, 1.82) is 0 Å². The molecular formula is C18H23ClN4O3. The third-order valence-electron chi connectivity index (χ3n) is 4.86. The Morgan fingerprint density at radius 2 is 1.81 bits per heavy atom. The first-order chi connectivity index (χ1) is 12.2. The lowest BCUT2D eigenvalue weighted by Gasteiger charge is -2.37. The number of halogens is 1. The molecule has 2 N–H and O–H groups in total. The summed E-state index contributed by atoms with van der Waals surface area (Å²) < 4.78 is 5.36. The number of amides is 2. The molecule has 7 nitrogen and oxygen atoms in total. The van der Waals surface area contributed by atoms with E-state index >= 15 is 0 Å². The Morgan fingerprint density at radius 1 is 1.08 bits per heavy atom. The fourth-order valence-electron chi connectivity index (χ4n) is 3.43. The number of aromatic amines is 1. The molecule has 26 heavy (non-hydrogen) atoms. The van der Waals surface area contributed by atoms with Crippen LogP contribution in [-0.4, -0.2) is 78.6 Å². The quantitative estimate of drug-likeness (QED) is 0.812. The number of hydrogen-bond acceptors (Lipinski definition) is 4. The van der Waals surface area contributed by atoms with E-state index in [1.165, 1.54) is 0 Å². The van der Waals surface area contributed by atoms with Gasteiger partial charge in [0.05, 0.1) is 13.2 Å². The average Bonchev–Trinajstić information content (AvgIpc) is 3.12. The molecule has 1 aromatic carbocycles. The van der Waals surface area contributed by atoms with Crippen molar-refractivity contribution in [1.82, 2.24) is 20.1 Å². The van der Waals surface area contributed by atoms with Crippen molar-refractivity contribution in [3.8, 4) is 0 Å². The molecule has 1 atom stereocenters. The number of nitrogens with one attached hydrogen (secondary N) is 2. The van der Waals surface area contributed by atoms with Gasteiger partial charge in [-0.15, -0.1) is 12.4 Å². The minimum absolute atomic E-state index is 0. The van der Waals surface area contributed by atoms with Crippen LogP contribution in [0.25, 0.3) is 10.9 Å². The maximum absolute atomic E-state index is 12.7. The van der Waals surface area contributed by atoms with Crippen molar-refractivity contribution in [2.24, 2.45) is 0 Å². The van der Waals surface area contributed by atoms with Gasteiger partial charge in [-0.3, -0.25) is 9.59 Å². The number of piperazine rings is 1. The standard InChI is InChI=1S/C18H22N4O3.ClH/c23-17(15-11-13-3-1-2-4-14(13)20-15)21-6-8-22(9-7-21)18(24)16-12-25-10-5-19-16;/h1-4,11,16,19-20H,5-10,12H2;1H. The summed E-state index contributed by atoms with van der Waals surface area (Å²) in [5.41, 5.74) is 1.56. The highest BCUT2D eigenvalue weighted by atomic mass is 35.5. The van der Waals surface area contributed by atoms with Gasteiger partial charge in [-0.1, -0.05) is 18.2 Å². The Balaban J connectivity index is 0.00000196. The summed E-state index contributed by atoms with van der Waals surface area (Å²) in [7, 11) is 0. The van der Waals surface area contributed by atoms with Gasteiger partial charge in [0, 0.05) is 43.6 Å². The summed E-state index contributed by atoms with van der Waals surface area (Å²) in [6, 6.07) is 9.47. The largest absolute Gasteiger partial charge is 0.378 e. The van der Waals surface area contributed by atoms with E-state index < -0.39 is 0 Å². The molecule has 4 rings (SSSR count). The van der Waals surface area contributed by atoms with E-state index in [0.29, 0.717) is 51.6 Å². The lowest BCUT2D eigenvalue weighted by molar-refractivity contribution is -0.137. The molecule has 0 radical (unpaired) electrons. The molecule has 2 fully saturated rings. The molecule has 2 aliphatic heterocycles. The van der Waals surface area contributed by atoms with Crippen molar-refractivity contribution >= 4 is 35.1 Å². The third kappa shape index (κ3) is 3.70. The molecule has 140 valence electrons. The number of nitrogens with zero attached hydrogens (tertiary/aromatic N) is 2. The lowest BCUT2D eigenvalue weighted by Crippen LogP contribution is -2.57. The van der Waals surface area contributed by atoms with E-state index in [4.69, 9.17) is 4.74 Å². The molecule has 1 unspecified atom stereocenters. The molecule has 0 spiro atoms. The average molecular weight is 379 g/mol. The van der Waals surface area contributed by atoms with Crippen LogP contribution in [0.15, 0.2) is 30.3 Å². The zero-order valence-corrected chi connectivity index (χ0v) is 15.3. The zero-order chi connectivity index (χ0) is 17.2. The maximum Gasteiger partial charge on any atom is 0.270 e. The van der Waals surface area contributed by atoms with Crippen LogP contribution in [0.4, 0.5) is 0 Å². The van der Waals surface area contributed by atoms with Crippen LogP contribution in [0.2, 0.25) is 0 Å². The van der Waals surface area contributed by atoms with Crippen LogP contribution in [-0.2, 0) is 9.53 Å². The molecule has 8 heteroatoms. The van der Waals surface area contributed by atoms with Crippen LogP contribution in [0, 0.1) is 0 Å². The summed E-state index contributed by atoms with van der Waals surface area (Å²) in [4.78, 5) is 32.0. The summed E-state index contributed by atoms with van der Waals surface area (Å²) in [5.74, 6) is 0.0554. The summed E-state index contributed by atoms with van der Waals surface area (Å²) >= 11 is 0. The second kappa shape index (κ2) is 8.07. The first kappa shape index (κ1) is 18.7. The van der Waals surface area contributed by atoms with E-state index in [0.717, 1.165) is 10.9 Å². The van der Waals surface area contributed by atoms with E-state index in [2.05, 4.69) is 10.3 Å². The van der Waals surface area contributed by atoms with Gasteiger partial charge in [0.2, 0.25) is 5.91 Å². The van der Waals surface area contributed by atoms with E-state index in [1.54, 1.807) is 4.90 Å². The molecule has 2 aliphatic rings. The summed E-state index contributed by atoms with van der Waals surface area (Å²) in [6.07, 6.45) is 0. The number of aromatic nitrogens is 1. The topological polar surface area (TPSA) is 77.7 Å². The van der Waals surface area contributed by atoms with Gasteiger partial charge in [-0.25, -0.2) is 0 Å². The number of carbonyl (C=O) groups excluding carboxylic acids is 2. The molecule has 0 saturated carbocycles. The highest BCUT2D eigenvalue weighted by Crippen LogP contribution is 2.17. The SMILES string of the molecule is Cl.O=C(c1cc2ccccc2[nH]1)N1CCN(C(=O)C2COCCN2)CC1. The van der Waals surface area contributed by atoms with Crippen molar-refractivity contribution in [3.63, 3.8) is 0 Å². The Morgan fingerprint density at radius 3 is 2.50 bits per heavy atom. The van der Waals surface area contributed by atoms with Crippen LogP contribution in [0.5, 0.6) is 0 Å². The Kier molecular flexibility index (Phi) is 5.80. The molecular weight excluding hydrogens is 356 g/mol. The third-order valence-corrected chi connectivity index (χ3v) is 4.86. The van der Waals surface area contributed by atoms with Gasteiger partial charge in [-0.05, 0) is 12.1 Å². The number of benzene rings is 1. The Labute approximate surface area is 158 Å². The number of rotatable bonds is 2. The molecule has 2 amide bonds. The van der Waals surface area contributed by atoms with Crippen LogP contribution in [0.1, 0.15) is 10.5 Å². The number of morpholine rings is 1. The number of fused-ring (bicyclic) bond motifs is 1. The molecule has 0 bridgehead atoms. The Bertz CT molecular complexity index is 747.